The molecule has 0 amide bonds. The molecule has 0 saturated heterocycles. The second-order valence-corrected chi connectivity index (χ2v) is 12.0. The molecular weight excluding hydrogens is 546 g/mol. The maximum Gasteiger partial charge on any atom is 0.154 e. The van der Waals surface area contributed by atoms with Crippen LogP contribution in [-0.2, 0) is 0 Å². The average molecular weight is 580 g/mol. The van der Waals surface area contributed by atoms with Gasteiger partial charge in [-0.2, -0.15) is 0 Å². The summed E-state index contributed by atoms with van der Waals surface area (Å²) in [5.41, 5.74) is 11.2. The van der Waals surface area contributed by atoms with Crippen LogP contribution in [0.25, 0.3) is 38.8 Å². The number of benzene rings is 5. The summed E-state index contributed by atoms with van der Waals surface area (Å²) in [6.45, 7) is 4.54. The lowest BCUT2D eigenvalue weighted by Crippen LogP contribution is -2.25. The molecule has 2 nitrogen and oxygen atoms in total. The SMILES string of the molecule is CCC1C(c2ccccc2)=N/C(c2cccc(-c3ccccc3)c2)=C(\C)CCC1c1cc(Cl)c2oc3ccccc3c2c1. The van der Waals surface area contributed by atoms with Gasteiger partial charge in [0.15, 0.2) is 5.58 Å². The van der Waals surface area contributed by atoms with Crippen molar-refractivity contribution in [2.75, 3.05) is 0 Å². The molecule has 43 heavy (non-hydrogen) atoms. The second kappa shape index (κ2) is 11.7. The fourth-order valence-electron chi connectivity index (χ4n) is 6.75. The van der Waals surface area contributed by atoms with Gasteiger partial charge in [0, 0.05) is 22.3 Å². The molecule has 0 aliphatic carbocycles. The minimum Gasteiger partial charge on any atom is -0.454 e. The van der Waals surface area contributed by atoms with Crippen LogP contribution in [0.5, 0.6) is 0 Å². The van der Waals surface area contributed by atoms with E-state index in [0.29, 0.717) is 5.02 Å². The molecule has 2 heterocycles. The molecule has 0 bridgehead atoms. The van der Waals surface area contributed by atoms with E-state index >= 15 is 0 Å². The fraction of sp³-hybridized carbons (Fsp3) is 0.175. The molecule has 0 N–H and O–H groups in total. The van der Waals surface area contributed by atoms with Gasteiger partial charge in [0.05, 0.1) is 16.4 Å². The fourth-order valence-corrected chi connectivity index (χ4v) is 7.02. The first kappa shape index (κ1) is 27.4. The summed E-state index contributed by atoms with van der Waals surface area (Å²) >= 11 is 6.93. The lowest BCUT2D eigenvalue weighted by molar-refractivity contribution is 0.486. The molecule has 0 saturated carbocycles. The molecule has 0 spiro atoms. The predicted octanol–water partition coefficient (Wildman–Crippen LogP) is 11.7. The van der Waals surface area contributed by atoms with E-state index in [4.69, 9.17) is 21.0 Å². The highest BCUT2D eigenvalue weighted by Crippen LogP contribution is 2.43. The topological polar surface area (TPSA) is 25.5 Å². The Bertz CT molecular complexity index is 1980. The third-order valence-corrected chi connectivity index (χ3v) is 9.22. The van der Waals surface area contributed by atoms with E-state index in [-0.39, 0.29) is 11.8 Å². The van der Waals surface area contributed by atoms with Crippen molar-refractivity contribution in [3.05, 3.63) is 149 Å². The Morgan fingerprint density at radius 1 is 0.721 bits per heavy atom. The Hall–Kier alpha value is -4.40. The van der Waals surface area contributed by atoms with Crippen LogP contribution in [0.15, 0.2) is 136 Å². The van der Waals surface area contributed by atoms with Crippen LogP contribution >= 0.6 is 11.6 Å². The molecule has 3 heteroatoms. The normalized spacial score (nSPS) is 19.3. The number of halogens is 1. The van der Waals surface area contributed by atoms with Crippen molar-refractivity contribution >= 4 is 44.9 Å². The first-order valence-electron chi connectivity index (χ1n) is 15.2. The molecule has 2 unspecified atom stereocenters. The summed E-state index contributed by atoms with van der Waals surface area (Å²) in [4.78, 5) is 5.59. The van der Waals surface area contributed by atoms with Crippen LogP contribution in [0.1, 0.15) is 55.7 Å². The zero-order chi connectivity index (χ0) is 29.3. The Morgan fingerprint density at radius 3 is 2.16 bits per heavy atom. The summed E-state index contributed by atoms with van der Waals surface area (Å²) in [5.74, 6) is 0.473. The molecule has 0 radical (unpaired) electrons. The first-order chi connectivity index (χ1) is 21.1. The predicted molar refractivity (Wildman–Crippen MR) is 182 cm³/mol. The monoisotopic (exact) mass is 579 g/mol. The van der Waals surface area contributed by atoms with Crippen molar-refractivity contribution in [3.8, 4) is 11.1 Å². The summed E-state index contributed by atoms with van der Waals surface area (Å²) in [5, 5.41) is 2.86. The Morgan fingerprint density at radius 2 is 1.40 bits per heavy atom. The van der Waals surface area contributed by atoms with E-state index in [1.54, 1.807) is 0 Å². The maximum absolute atomic E-state index is 6.93. The highest BCUT2D eigenvalue weighted by atomic mass is 35.5. The number of nitrogens with zero attached hydrogens (tertiary/aromatic N) is 1. The number of allylic oxidation sites excluding steroid dienone is 1. The molecule has 1 aromatic heterocycles. The average Bonchev–Trinajstić information content (AvgIpc) is 3.43. The lowest BCUT2D eigenvalue weighted by atomic mass is 9.75. The molecule has 0 fully saturated rings. The summed E-state index contributed by atoms with van der Waals surface area (Å²) < 4.78 is 6.17. The molecule has 5 aromatic carbocycles. The number of rotatable bonds is 5. The third kappa shape index (κ3) is 5.21. The van der Waals surface area contributed by atoms with E-state index in [1.807, 2.05) is 12.1 Å². The third-order valence-electron chi connectivity index (χ3n) is 8.94. The van der Waals surface area contributed by atoms with Crippen molar-refractivity contribution in [2.45, 2.75) is 39.0 Å². The van der Waals surface area contributed by atoms with Crippen LogP contribution in [0.2, 0.25) is 5.02 Å². The Labute approximate surface area is 258 Å². The zero-order valence-electron chi connectivity index (χ0n) is 24.6. The van der Waals surface area contributed by atoms with Gasteiger partial charge in [0.2, 0.25) is 0 Å². The smallest absolute Gasteiger partial charge is 0.154 e. The molecule has 212 valence electrons. The lowest BCUT2D eigenvalue weighted by Gasteiger charge is -2.31. The van der Waals surface area contributed by atoms with E-state index in [9.17, 15) is 0 Å². The first-order valence-corrected chi connectivity index (χ1v) is 15.6. The van der Waals surface area contributed by atoms with Gasteiger partial charge in [0.25, 0.3) is 0 Å². The molecule has 2 atom stereocenters. The van der Waals surface area contributed by atoms with Crippen molar-refractivity contribution < 1.29 is 4.42 Å². The second-order valence-electron chi connectivity index (χ2n) is 11.6. The molecule has 6 aromatic rings. The minimum absolute atomic E-state index is 0.217. The molecular formula is C40H34ClNO. The number of aliphatic imine (C=N–C) groups is 1. The number of hydrogen-bond donors (Lipinski definition) is 0. The van der Waals surface area contributed by atoms with Gasteiger partial charge in [0.1, 0.15) is 5.58 Å². The maximum atomic E-state index is 6.93. The summed E-state index contributed by atoms with van der Waals surface area (Å²) in [6, 6.07) is 42.8. The van der Waals surface area contributed by atoms with Crippen molar-refractivity contribution in [1.82, 2.24) is 0 Å². The molecule has 7 rings (SSSR count). The van der Waals surface area contributed by atoms with E-state index in [2.05, 4.69) is 123 Å². The van der Waals surface area contributed by atoms with E-state index in [0.717, 1.165) is 58.2 Å². The summed E-state index contributed by atoms with van der Waals surface area (Å²) in [6.07, 6.45) is 2.94. The number of hydrogen-bond acceptors (Lipinski definition) is 2. The van der Waals surface area contributed by atoms with Gasteiger partial charge in [-0.3, -0.25) is 4.99 Å². The van der Waals surface area contributed by atoms with Crippen LogP contribution in [0.4, 0.5) is 0 Å². The van der Waals surface area contributed by atoms with Crippen molar-refractivity contribution in [1.29, 1.82) is 0 Å². The number of fused-ring (bicyclic) bond motifs is 3. The van der Waals surface area contributed by atoms with Crippen LogP contribution in [-0.4, -0.2) is 5.71 Å². The largest absolute Gasteiger partial charge is 0.454 e. The minimum atomic E-state index is 0.217. The van der Waals surface area contributed by atoms with E-state index in [1.165, 1.54) is 27.8 Å². The highest BCUT2D eigenvalue weighted by Gasteiger charge is 2.31. The van der Waals surface area contributed by atoms with Crippen LogP contribution in [0, 0.1) is 5.92 Å². The van der Waals surface area contributed by atoms with Crippen LogP contribution < -0.4 is 0 Å². The van der Waals surface area contributed by atoms with Gasteiger partial charge in [-0.05, 0) is 84.2 Å². The van der Waals surface area contributed by atoms with Crippen LogP contribution in [0.3, 0.4) is 0 Å². The summed E-state index contributed by atoms with van der Waals surface area (Å²) in [7, 11) is 0. The Kier molecular flexibility index (Phi) is 7.47. The van der Waals surface area contributed by atoms with Gasteiger partial charge >= 0.3 is 0 Å². The standard InChI is InChI=1S/C40H34ClNO/c1-3-32-33(31-24-35-34-19-10-11-20-37(34)43-40(35)36(41)25-31)22-21-26(2)38(42-39(32)28-15-8-5-9-16-28)30-18-12-17-29(23-30)27-13-6-4-7-14-27/h4-20,23-25,32-33H,3,21-22H2,1-2H3/b38-26+,42-39?. The molecule has 1 aliphatic heterocycles. The van der Waals surface area contributed by atoms with Gasteiger partial charge in [-0.1, -0.05) is 116 Å². The van der Waals surface area contributed by atoms with Gasteiger partial charge in [-0.15, -0.1) is 0 Å². The van der Waals surface area contributed by atoms with Gasteiger partial charge in [-0.25, -0.2) is 0 Å². The highest BCUT2D eigenvalue weighted by molar-refractivity contribution is 6.36. The van der Waals surface area contributed by atoms with Gasteiger partial charge < -0.3 is 4.42 Å². The van der Waals surface area contributed by atoms with E-state index < -0.39 is 0 Å². The quantitative estimate of drug-likeness (QED) is 0.199. The van der Waals surface area contributed by atoms with Crippen molar-refractivity contribution in [2.24, 2.45) is 10.9 Å². The van der Waals surface area contributed by atoms with Crippen molar-refractivity contribution in [3.63, 3.8) is 0 Å². The number of para-hydroxylation sites is 1. The Balaban J connectivity index is 1.38. The molecule has 1 aliphatic rings. The zero-order valence-corrected chi connectivity index (χ0v) is 25.3. The number of furan rings is 1.